The fourth-order valence-corrected chi connectivity index (χ4v) is 2.73. The minimum atomic E-state index is -0.887. The van der Waals surface area contributed by atoms with Crippen molar-refractivity contribution in [2.24, 2.45) is 11.3 Å². The van der Waals surface area contributed by atoms with Crippen LogP contribution in [0.15, 0.2) is 35.5 Å². The molecule has 0 aromatic rings. The molecular weight excluding hydrogens is 332 g/mol. The maximum Gasteiger partial charge on any atom is 0.307 e. The van der Waals surface area contributed by atoms with E-state index in [9.17, 15) is 4.79 Å². The van der Waals surface area contributed by atoms with Gasteiger partial charge in [-0.1, -0.05) is 57.6 Å². The van der Waals surface area contributed by atoms with Gasteiger partial charge in [0.2, 0.25) is 0 Å². The molecule has 0 aromatic heterocycles. The van der Waals surface area contributed by atoms with E-state index >= 15 is 0 Å². The Bertz CT molecular complexity index is 511. The van der Waals surface area contributed by atoms with Gasteiger partial charge in [-0.25, -0.2) is 0 Å². The molecule has 0 aliphatic rings. The number of methoxy groups -OCH3 is 1. The maximum absolute atomic E-state index is 11.0. The monoisotopic (exact) mass is 368 g/mol. The predicted molar refractivity (Wildman–Crippen MR) is 105 cm³/mol. The van der Waals surface area contributed by atoms with Crippen LogP contribution in [0.1, 0.15) is 48.0 Å². The van der Waals surface area contributed by atoms with Crippen LogP contribution >= 0.6 is 0 Å². The number of rotatable bonds is 12. The molecule has 5 nitrogen and oxygen atoms in total. The summed E-state index contributed by atoms with van der Waals surface area (Å²) in [6.45, 7) is 17.4. The van der Waals surface area contributed by atoms with Crippen LogP contribution in [0.3, 0.4) is 0 Å². The first-order valence-corrected chi connectivity index (χ1v) is 8.93. The molecule has 0 spiro atoms. The molecule has 0 fully saturated rings. The third kappa shape index (κ3) is 11.2. The van der Waals surface area contributed by atoms with E-state index in [-0.39, 0.29) is 30.7 Å². The van der Waals surface area contributed by atoms with Gasteiger partial charge in [-0.05, 0) is 24.8 Å². The van der Waals surface area contributed by atoms with Crippen molar-refractivity contribution < 1.29 is 24.1 Å². The van der Waals surface area contributed by atoms with E-state index in [0.717, 1.165) is 11.1 Å². The molecule has 0 aromatic carbocycles. The second-order valence-corrected chi connectivity index (χ2v) is 7.77. The molecule has 0 heterocycles. The second kappa shape index (κ2) is 12.0. The van der Waals surface area contributed by atoms with Crippen LogP contribution in [-0.4, -0.2) is 44.3 Å². The normalized spacial score (nSPS) is 15.7. The van der Waals surface area contributed by atoms with Crippen LogP contribution in [0.25, 0.3) is 0 Å². The highest BCUT2D eigenvalue weighted by Crippen LogP contribution is 2.26. The number of carboxylic acids is 1. The van der Waals surface area contributed by atoms with Crippen molar-refractivity contribution in [2.45, 2.75) is 54.1 Å². The first kappa shape index (κ1) is 24.6. The summed E-state index contributed by atoms with van der Waals surface area (Å²) in [5, 5.41) is 9.04. The molecule has 0 aliphatic carbocycles. The predicted octanol–water partition coefficient (Wildman–Crippen LogP) is 4.60. The molecular formula is C21H36O5. The van der Waals surface area contributed by atoms with E-state index in [2.05, 4.69) is 46.4 Å². The van der Waals surface area contributed by atoms with Gasteiger partial charge in [0.05, 0.1) is 25.7 Å². The Labute approximate surface area is 158 Å². The first-order chi connectivity index (χ1) is 12.0. The summed E-state index contributed by atoms with van der Waals surface area (Å²) < 4.78 is 16.3. The van der Waals surface area contributed by atoms with Crippen molar-refractivity contribution in [3.8, 4) is 0 Å². The van der Waals surface area contributed by atoms with Crippen molar-refractivity contribution >= 4 is 5.97 Å². The Balaban J connectivity index is 5.25. The van der Waals surface area contributed by atoms with E-state index in [1.54, 1.807) is 7.11 Å². The van der Waals surface area contributed by atoms with Crippen molar-refractivity contribution in [1.82, 2.24) is 0 Å². The van der Waals surface area contributed by atoms with Crippen molar-refractivity contribution in [2.75, 3.05) is 27.1 Å². The number of aliphatic carboxylic acids is 1. The highest BCUT2D eigenvalue weighted by Gasteiger charge is 2.24. The molecule has 150 valence electrons. The number of allylic oxidation sites excluding steroid dienone is 3. The van der Waals surface area contributed by atoms with Crippen LogP contribution < -0.4 is 0 Å². The van der Waals surface area contributed by atoms with Crippen molar-refractivity contribution in [1.29, 1.82) is 0 Å². The molecule has 0 saturated carbocycles. The van der Waals surface area contributed by atoms with Crippen molar-refractivity contribution in [3.63, 3.8) is 0 Å². The Hall–Kier alpha value is -1.43. The van der Waals surface area contributed by atoms with Gasteiger partial charge >= 0.3 is 5.97 Å². The Morgan fingerprint density at radius 3 is 2.35 bits per heavy atom. The second-order valence-electron chi connectivity index (χ2n) is 7.77. The average molecular weight is 369 g/mol. The number of carbonyl (C=O) groups is 1. The standard InChI is InChI=1S/C21H36O5/c1-15(13-21(5,6)7)11-17(3)20(26-14-25-10-9-24-8)18(4)16(2)12-19(22)23/h11,13,18,20H,2,9-10,12,14H2,1,3-8H3,(H,22,23)/b15-13+,17-11+/t18-,20-/m0/s1. The summed E-state index contributed by atoms with van der Waals surface area (Å²) in [4.78, 5) is 11.0. The van der Waals surface area contributed by atoms with Crippen LogP contribution in [0.2, 0.25) is 0 Å². The molecule has 0 bridgehead atoms. The van der Waals surface area contributed by atoms with Gasteiger partial charge in [-0.15, -0.1) is 0 Å². The highest BCUT2D eigenvalue weighted by atomic mass is 16.7. The Morgan fingerprint density at radius 1 is 1.23 bits per heavy atom. The molecule has 0 unspecified atom stereocenters. The molecule has 0 radical (unpaired) electrons. The van der Waals surface area contributed by atoms with Crippen LogP contribution in [0, 0.1) is 11.3 Å². The quantitative estimate of drug-likeness (QED) is 0.236. The first-order valence-electron chi connectivity index (χ1n) is 8.93. The van der Waals surface area contributed by atoms with Crippen LogP contribution in [0.4, 0.5) is 0 Å². The fraction of sp³-hybridized carbons (Fsp3) is 0.667. The molecule has 5 heteroatoms. The zero-order valence-corrected chi connectivity index (χ0v) is 17.4. The van der Waals surface area contributed by atoms with E-state index < -0.39 is 5.97 Å². The zero-order chi connectivity index (χ0) is 20.3. The molecule has 0 saturated heterocycles. The summed E-state index contributed by atoms with van der Waals surface area (Å²) in [7, 11) is 1.61. The Kier molecular flexibility index (Phi) is 11.4. The summed E-state index contributed by atoms with van der Waals surface area (Å²) in [5.41, 5.74) is 2.86. The van der Waals surface area contributed by atoms with Gasteiger partial charge in [0.1, 0.15) is 6.79 Å². The molecule has 2 atom stereocenters. The lowest BCUT2D eigenvalue weighted by Gasteiger charge is -2.27. The van der Waals surface area contributed by atoms with Gasteiger partial charge in [0.25, 0.3) is 0 Å². The molecule has 1 N–H and O–H groups in total. The highest BCUT2D eigenvalue weighted by molar-refractivity contribution is 5.70. The zero-order valence-electron chi connectivity index (χ0n) is 17.4. The molecule has 26 heavy (non-hydrogen) atoms. The van der Waals surface area contributed by atoms with Gasteiger partial charge < -0.3 is 19.3 Å². The lowest BCUT2D eigenvalue weighted by molar-refractivity contribution is -0.136. The smallest absolute Gasteiger partial charge is 0.307 e. The third-order valence-electron chi connectivity index (χ3n) is 3.80. The number of carboxylic acid groups (broad SMARTS) is 1. The minimum Gasteiger partial charge on any atom is -0.481 e. The molecule has 0 amide bonds. The number of ether oxygens (including phenoxy) is 3. The van der Waals surface area contributed by atoms with Gasteiger partial charge in [0, 0.05) is 13.0 Å². The molecule has 0 rings (SSSR count). The lowest BCUT2D eigenvalue weighted by Crippen LogP contribution is -2.27. The summed E-state index contributed by atoms with van der Waals surface area (Å²) in [6, 6.07) is 0. The summed E-state index contributed by atoms with van der Waals surface area (Å²) in [6.07, 6.45) is 3.90. The van der Waals surface area contributed by atoms with Gasteiger partial charge in [0.15, 0.2) is 0 Å². The van der Waals surface area contributed by atoms with E-state index in [4.69, 9.17) is 19.3 Å². The fourth-order valence-electron chi connectivity index (χ4n) is 2.73. The topological polar surface area (TPSA) is 65.0 Å². The Morgan fingerprint density at radius 2 is 1.85 bits per heavy atom. The van der Waals surface area contributed by atoms with Crippen LogP contribution in [0.5, 0.6) is 0 Å². The number of hydrogen-bond acceptors (Lipinski definition) is 4. The average Bonchev–Trinajstić information content (AvgIpc) is 2.47. The third-order valence-corrected chi connectivity index (χ3v) is 3.80. The number of hydrogen-bond donors (Lipinski definition) is 1. The minimum absolute atomic E-state index is 0.0738. The molecule has 0 aliphatic heterocycles. The van der Waals surface area contributed by atoms with Gasteiger partial charge in [-0.2, -0.15) is 0 Å². The SMILES string of the molecule is C=C(CC(=O)O)[C@H](C)[C@@H](OCOCCOC)/C(C)=C/C(C)=C/C(C)(C)C. The van der Waals surface area contributed by atoms with Gasteiger partial charge in [-0.3, -0.25) is 4.79 Å². The summed E-state index contributed by atoms with van der Waals surface area (Å²) in [5.74, 6) is -1.03. The van der Waals surface area contributed by atoms with E-state index in [1.165, 1.54) is 0 Å². The van der Waals surface area contributed by atoms with E-state index in [0.29, 0.717) is 18.8 Å². The van der Waals surface area contributed by atoms with E-state index in [1.807, 2.05) is 13.8 Å². The van der Waals surface area contributed by atoms with Crippen LogP contribution in [-0.2, 0) is 19.0 Å². The summed E-state index contributed by atoms with van der Waals surface area (Å²) >= 11 is 0. The lowest BCUT2D eigenvalue weighted by atomic mass is 9.88. The largest absolute Gasteiger partial charge is 0.481 e. The van der Waals surface area contributed by atoms with Crippen molar-refractivity contribution in [3.05, 3.63) is 35.5 Å². The maximum atomic E-state index is 11.0.